The number of imidazole rings is 1. The first-order valence-electron chi connectivity index (χ1n) is 6.35. The monoisotopic (exact) mass is 263 g/mol. The predicted octanol–water partition coefficient (Wildman–Crippen LogP) is 4.08. The summed E-state index contributed by atoms with van der Waals surface area (Å²) in [6, 6.07) is 2.01. The Hall–Kier alpha value is -1.16. The number of rotatable bonds is 2. The van der Waals surface area contributed by atoms with Crippen LogP contribution in [0.1, 0.15) is 33.3 Å². The summed E-state index contributed by atoms with van der Waals surface area (Å²) in [5.41, 5.74) is 3.48. The van der Waals surface area contributed by atoms with E-state index in [0.29, 0.717) is 5.92 Å². The van der Waals surface area contributed by atoms with Crippen LogP contribution in [0, 0.1) is 23.0 Å². The lowest BCUT2D eigenvalue weighted by Gasteiger charge is -2.27. The number of nitrogens with zero attached hydrogens (tertiary/aromatic N) is 2. The number of hydrogen-bond donors (Lipinski definition) is 1. The number of aromatic amines is 1. The van der Waals surface area contributed by atoms with Crippen molar-refractivity contribution in [3.8, 4) is 0 Å². The molecule has 4 heteroatoms. The van der Waals surface area contributed by atoms with Gasteiger partial charge in [-0.15, -0.1) is 0 Å². The van der Waals surface area contributed by atoms with Crippen LogP contribution >= 0.6 is 12.2 Å². The largest absolute Gasteiger partial charge is 0.329 e. The lowest BCUT2D eigenvalue weighted by Crippen LogP contribution is -2.22. The van der Waals surface area contributed by atoms with Crippen molar-refractivity contribution < 1.29 is 0 Å². The molecule has 3 nitrogen and oxygen atoms in total. The van der Waals surface area contributed by atoms with Gasteiger partial charge in [0.25, 0.3) is 0 Å². The van der Waals surface area contributed by atoms with Crippen LogP contribution in [-0.2, 0) is 6.54 Å². The standard InChI is InChI=1S/C14H21N3S/c1-9-6-7-15-12-11(9)16-13(18)17(12)8-10(2)14(3,4)5/h6-7,10H,8H2,1-5H3,(H,16,18). The van der Waals surface area contributed by atoms with Crippen molar-refractivity contribution in [2.45, 2.75) is 41.2 Å². The molecular weight excluding hydrogens is 242 g/mol. The second kappa shape index (κ2) is 4.50. The summed E-state index contributed by atoms with van der Waals surface area (Å²) in [7, 11) is 0. The van der Waals surface area contributed by atoms with Crippen molar-refractivity contribution in [3.63, 3.8) is 0 Å². The lowest BCUT2D eigenvalue weighted by molar-refractivity contribution is 0.234. The van der Waals surface area contributed by atoms with Gasteiger partial charge < -0.3 is 9.55 Å². The van der Waals surface area contributed by atoms with Crippen molar-refractivity contribution in [1.29, 1.82) is 0 Å². The average Bonchev–Trinajstić information content (AvgIpc) is 2.57. The number of nitrogens with one attached hydrogen (secondary N) is 1. The zero-order valence-electron chi connectivity index (χ0n) is 11.7. The van der Waals surface area contributed by atoms with Gasteiger partial charge in [0.05, 0.1) is 5.52 Å². The third kappa shape index (κ3) is 2.34. The van der Waals surface area contributed by atoms with Crippen LogP contribution in [0.3, 0.4) is 0 Å². The molecule has 0 amide bonds. The maximum Gasteiger partial charge on any atom is 0.179 e. The highest BCUT2D eigenvalue weighted by Gasteiger charge is 2.21. The first-order chi connectivity index (χ1) is 8.30. The van der Waals surface area contributed by atoms with Crippen LogP contribution in [0.5, 0.6) is 0 Å². The van der Waals surface area contributed by atoms with E-state index in [0.717, 1.165) is 22.5 Å². The zero-order chi connectivity index (χ0) is 13.5. The van der Waals surface area contributed by atoms with Gasteiger partial charge in [-0.3, -0.25) is 0 Å². The first-order valence-corrected chi connectivity index (χ1v) is 6.75. The van der Waals surface area contributed by atoms with E-state index >= 15 is 0 Å². The Labute approximate surface area is 113 Å². The summed E-state index contributed by atoms with van der Waals surface area (Å²) in [4.78, 5) is 7.73. The van der Waals surface area contributed by atoms with E-state index in [9.17, 15) is 0 Å². The molecule has 2 rings (SSSR count). The van der Waals surface area contributed by atoms with E-state index in [4.69, 9.17) is 12.2 Å². The summed E-state index contributed by atoms with van der Waals surface area (Å²) >= 11 is 5.42. The minimum Gasteiger partial charge on any atom is -0.329 e. The normalized spacial score (nSPS) is 14.1. The molecule has 1 atom stereocenters. The second-order valence-corrected chi connectivity index (χ2v) is 6.52. The number of pyridine rings is 1. The van der Waals surface area contributed by atoms with Crippen LogP contribution in [0.15, 0.2) is 12.3 Å². The summed E-state index contributed by atoms with van der Waals surface area (Å²) in [5, 5.41) is 0. The van der Waals surface area contributed by atoms with Crippen LogP contribution in [0.2, 0.25) is 0 Å². The smallest absolute Gasteiger partial charge is 0.179 e. The van der Waals surface area contributed by atoms with E-state index in [1.807, 2.05) is 12.3 Å². The van der Waals surface area contributed by atoms with E-state index in [1.54, 1.807) is 0 Å². The molecule has 0 aliphatic carbocycles. The van der Waals surface area contributed by atoms with Gasteiger partial charge >= 0.3 is 0 Å². The summed E-state index contributed by atoms with van der Waals surface area (Å²) in [5.74, 6) is 0.533. The molecule has 2 aromatic heterocycles. The molecule has 1 N–H and O–H groups in total. The molecule has 2 aromatic rings. The number of hydrogen-bond acceptors (Lipinski definition) is 2. The molecule has 0 bridgehead atoms. The third-order valence-electron chi connectivity index (χ3n) is 3.81. The van der Waals surface area contributed by atoms with Crippen LogP contribution in [0.25, 0.3) is 11.2 Å². The van der Waals surface area contributed by atoms with E-state index in [1.165, 1.54) is 5.56 Å². The number of H-pyrrole nitrogens is 1. The summed E-state index contributed by atoms with van der Waals surface area (Å²) in [6.07, 6.45) is 1.85. The molecule has 0 saturated heterocycles. The number of aromatic nitrogens is 3. The highest BCUT2D eigenvalue weighted by molar-refractivity contribution is 7.71. The van der Waals surface area contributed by atoms with Crippen LogP contribution in [0.4, 0.5) is 0 Å². The molecular formula is C14H21N3S. The molecule has 0 fully saturated rings. The van der Waals surface area contributed by atoms with Gasteiger partial charge in [0, 0.05) is 12.7 Å². The van der Waals surface area contributed by atoms with Gasteiger partial charge in [-0.1, -0.05) is 27.7 Å². The molecule has 0 saturated carbocycles. The average molecular weight is 263 g/mol. The molecule has 0 aromatic carbocycles. The van der Waals surface area contributed by atoms with Gasteiger partial charge in [-0.05, 0) is 42.1 Å². The third-order valence-corrected chi connectivity index (χ3v) is 4.13. The quantitative estimate of drug-likeness (QED) is 0.828. The fourth-order valence-corrected chi connectivity index (χ4v) is 2.15. The Kier molecular flexibility index (Phi) is 3.32. The topological polar surface area (TPSA) is 33.6 Å². The minimum atomic E-state index is 0.266. The van der Waals surface area contributed by atoms with Gasteiger partial charge in [0.2, 0.25) is 0 Å². The molecule has 0 spiro atoms. The second-order valence-electron chi connectivity index (χ2n) is 6.13. The van der Waals surface area contributed by atoms with E-state index < -0.39 is 0 Å². The number of aryl methyl sites for hydroxylation is 1. The van der Waals surface area contributed by atoms with Crippen molar-refractivity contribution in [2.75, 3.05) is 0 Å². The molecule has 0 aliphatic heterocycles. The van der Waals surface area contributed by atoms with Gasteiger partial charge in [-0.2, -0.15) is 0 Å². The highest BCUT2D eigenvalue weighted by atomic mass is 32.1. The molecule has 0 radical (unpaired) electrons. The highest BCUT2D eigenvalue weighted by Crippen LogP contribution is 2.28. The SMILES string of the molecule is Cc1ccnc2c1[nH]c(=S)n2CC(C)C(C)(C)C. The number of fused-ring (bicyclic) bond motifs is 1. The molecule has 2 heterocycles. The Morgan fingerprint density at radius 3 is 2.72 bits per heavy atom. The summed E-state index contributed by atoms with van der Waals surface area (Å²) < 4.78 is 2.89. The van der Waals surface area contributed by atoms with E-state index in [2.05, 4.69) is 49.2 Å². The van der Waals surface area contributed by atoms with Crippen molar-refractivity contribution in [2.24, 2.45) is 11.3 Å². The Morgan fingerprint density at radius 1 is 1.44 bits per heavy atom. The van der Waals surface area contributed by atoms with Crippen molar-refractivity contribution in [1.82, 2.24) is 14.5 Å². The Morgan fingerprint density at radius 2 is 2.11 bits per heavy atom. The van der Waals surface area contributed by atoms with Crippen LogP contribution < -0.4 is 0 Å². The minimum absolute atomic E-state index is 0.266. The Balaban J connectivity index is 2.49. The molecule has 1 unspecified atom stereocenters. The van der Waals surface area contributed by atoms with Crippen molar-refractivity contribution in [3.05, 3.63) is 22.6 Å². The first kappa shape index (κ1) is 13.3. The van der Waals surface area contributed by atoms with Crippen molar-refractivity contribution >= 4 is 23.4 Å². The summed E-state index contributed by atoms with van der Waals surface area (Å²) in [6.45, 7) is 12.0. The molecule has 98 valence electrons. The lowest BCUT2D eigenvalue weighted by atomic mass is 9.82. The predicted molar refractivity (Wildman–Crippen MR) is 78.3 cm³/mol. The maximum atomic E-state index is 5.42. The molecule has 18 heavy (non-hydrogen) atoms. The van der Waals surface area contributed by atoms with Gasteiger partial charge in [0.15, 0.2) is 10.4 Å². The zero-order valence-corrected chi connectivity index (χ0v) is 12.6. The fourth-order valence-electron chi connectivity index (χ4n) is 1.89. The molecule has 0 aliphatic rings. The van der Waals surface area contributed by atoms with E-state index in [-0.39, 0.29) is 5.41 Å². The fraction of sp³-hybridized carbons (Fsp3) is 0.571. The van der Waals surface area contributed by atoms with Gasteiger partial charge in [0.1, 0.15) is 0 Å². The van der Waals surface area contributed by atoms with Crippen LogP contribution in [-0.4, -0.2) is 14.5 Å². The van der Waals surface area contributed by atoms with Gasteiger partial charge in [-0.25, -0.2) is 4.98 Å². The maximum absolute atomic E-state index is 5.42. The Bertz CT molecular complexity index is 616.